The summed E-state index contributed by atoms with van der Waals surface area (Å²) in [4.78, 5) is 34.2. The van der Waals surface area contributed by atoms with E-state index in [4.69, 9.17) is 0 Å². The van der Waals surface area contributed by atoms with E-state index in [9.17, 15) is 18.4 Å². The number of aromatic nitrogens is 2. The second-order valence-electron chi connectivity index (χ2n) is 10.9. The van der Waals surface area contributed by atoms with Gasteiger partial charge in [-0.25, -0.2) is 18.6 Å². The molecule has 0 spiro atoms. The summed E-state index contributed by atoms with van der Waals surface area (Å²) < 4.78 is 29.3. The number of anilines is 1. The van der Waals surface area contributed by atoms with Crippen molar-refractivity contribution in [1.82, 2.24) is 24.7 Å². The van der Waals surface area contributed by atoms with E-state index in [1.165, 1.54) is 16.7 Å². The van der Waals surface area contributed by atoms with Crippen molar-refractivity contribution in [3.63, 3.8) is 0 Å². The van der Waals surface area contributed by atoms with E-state index in [0.717, 1.165) is 43.1 Å². The molecule has 2 saturated heterocycles. The van der Waals surface area contributed by atoms with E-state index in [1.54, 1.807) is 11.1 Å². The average Bonchev–Trinajstić information content (AvgIpc) is 3.47. The van der Waals surface area contributed by atoms with Crippen molar-refractivity contribution in [2.75, 3.05) is 24.5 Å². The number of rotatable bonds is 6. The molecule has 6 rings (SSSR count). The van der Waals surface area contributed by atoms with Gasteiger partial charge in [-0.05, 0) is 41.3 Å². The van der Waals surface area contributed by atoms with E-state index in [1.807, 2.05) is 16.5 Å². The maximum atomic E-state index is 13.7. The lowest BCUT2D eigenvalue weighted by Crippen LogP contribution is -2.50. The third-order valence-electron chi connectivity index (χ3n) is 7.85. The largest absolute Gasteiger partial charge is 0.329 e. The van der Waals surface area contributed by atoms with Gasteiger partial charge in [0.15, 0.2) is 0 Å². The lowest BCUT2D eigenvalue weighted by atomic mass is 10.1. The molecule has 3 aromatic rings. The molecule has 0 aliphatic carbocycles. The van der Waals surface area contributed by atoms with Crippen molar-refractivity contribution in [3.05, 3.63) is 70.9 Å². The van der Waals surface area contributed by atoms with Gasteiger partial charge in [-0.1, -0.05) is 36.4 Å². The van der Waals surface area contributed by atoms with Crippen LogP contribution in [-0.2, 0) is 38.0 Å². The minimum absolute atomic E-state index is 0.00854. The SMILES string of the molecule is Cn1c(N2CCC(=O)NC2=O)cnc1-c1ccc2c(c1)CN(Cc1ccc(CN3CCCC(F)(F)C3)cc1)C2. The summed E-state index contributed by atoms with van der Waals surface area (Å²) in [6.07, 6.45) is 2.47. The van der Waals surface area contributed by atoms with Crippen LogP contribution >= 0.6 is 0 Å². The second-order valence-corrected chi connectivity index (χ2v) is 10.9. The quantitative estimate of drug-likeness (QED) is 0.511. The normalized spacial score (nSPS) is 19.8. The Morgan fingerprint density at radius 2 is 1.67 bits per heavy atom. The first-order chi connectivity index (χ1) is 18.7. The summed E-state index contributed by atoms with van der Waals surface area (Å²) in [6.45, 7) is 3.94. The number of imidazole rings is 1. The second kappa shape index (κ2) is 10.2. The molecule has 3 amide bonds. The van der Waals surface area contributed by atoms with Crippen molar-refractivity contribution in [3.8, 4) is 11.4 Å². The van der Waals surface area contributed by atoms with E-state index in [2.05, 4.69) is 57.7 Å². The summed E-state index contributed by atoms with van der Waals surface area (Å²) in [5, 5.41) is 2.36. The highest BCUT2D eigenvalue weighted by molar-refractivity contribution is 6.05. The van der Waals surface area contributed by atoms with Crippen LogP contribution in [-0.4, -0.2) is 56.8 Å². The third-order valence-corrected chi connectivity index (χ3v) is 7.85. The molecule has 1 N–H and O–H groups in total. The Hall–Kier alpha value is -3.63. The zero-order valence-corrected chi connectivity index (χ0v) is 22.0. The van der Waals surface area contributed by atoms with Crippen LogP contribution in [0.3, 0.4) is 0 Å². The van der Waals surface area contributed by atoms with E-state index >= 15 is 0 Å². The fourth-order valence-electron chi connectivity index (χ4n) is 5.87. The molecule has 4 heterocycles. The maximum Gasteiger partial charge on any atom is 0.329 e. The number of hydrogen-bond donors (Lipinski definition) is 1. The molecule has 0 saturated carbocycles. The van der Waals surface area contributed by atoms with Gasteiger partial charge >= 0.3 is 6.03 Å². The number of piperidine rings is 1. The number of imide groups is 1. The number of halogens is 2. The van der Waals surface area contributed by atoms with Crippen LogP contribution in [0.1, 0.15) is 41.5 Å². The van der Waals surface area contributed by atoms with Crippen molar-refractivity contribution < 1.29 is 18.4 Å². The number of amides is 3. The molecule has 2 fully saturated rings. The van der Waals surface area contributed by atoms with Crippen LogP contribution in [0, 0.1) is 0 Å². The van der Waals surface area contributed by atoms with Crippen LogP contribution < -0.4 is 10.2 Å². The van der Waals surface area contributed by atoms with Crippen molar-refractivity contribution in [2.45, 2.75) is 51.4 Å². The minimum atomic E-state index is -2.58. The number of alkyl halides is 2. The highest BCUT2D eigenvalue weighted by atomic mass is 19.3. The molecule has 3 aliphatic rings. The first-order valence-corrected chi connectivity index (χ1v) is 13.4. The first kappa shape index (κ1) is 25.6. The molecule has 0 atom stereocenters. The van der Waals surface area contributed by atoms with Gasteiger partial charge in [-0.15, -0.1) is 0 Å². The van der Waals surface area contributed by atoms with Gasteiger partial charge in [0, 0.05) is 58.2 Å². The Bertz CT molecular complexity index is 1400. The minimum Gasteiger partial charge on any atom is -0.314 e. The van der Waals surface area contributed by atoms with Gasteiger partial charge in [0.05, 0.1) is 12.7 Å². The molecule has 10 heteroatoms. The number of carbonyl (C=O) groups is 2. The molecule has 0 bridgehead atoms. The monoisotopic (exact) mass is 534 g/mol. The topological polar surface area (TPSA) is 73.7 Å². The number of hydrogen-bond acceptors (Lipinski definition) is 5. The van der Waals surface area contributed by atoms with E-state index < -0.39 is 12.0 Å². The highest BCUT2D eigenvalue weighted by Gasteiger charge is 2.35. The smallest absolute Gasteiger partial charge is 0.314 e. The Morgan fingerprint density at radius 1 is 0.949 bits per heavy atom. The van der Waals surface area contributed by atoms with Crippen molar-refractivity contribution >= 4 is 17.8 Å². The number of benzene rings is 2. The number of nitrogens with zero attached hydrogens (tertiary/aromatic N) is 5. The van der Waals surface area contributed by atoms with E-state index in [-0.39, 0.29) is 25.3 Å². The molecule has 0 unspecified atom stereocenters. The Labute approximate surface area is 226 Å². The zero-order valence-electron chi connectivity index (χ0n) is 22.0. The number of urea groups is 1. The molecule has 0 radical (unpaired) electrons. The van der Waals surface area contributed by atoms with E-state index in [0.29, 0.717) is 25.3 Å². The Kier molecular flexibility index (Phi) is 6.68. The first-order valence-electron chi connectivity index (χ1n) is 13.4. The molecule has 1 aromatic heterocycles. The maximum absolute atomic E-state index is 13.7. The predicted octanol–water partition coefficient (Wildman–Crippen LogP) is 4.28. The zero-order chi connectivity index (χ0) is 27.1. The molecule has 3 aliphatic heterocycles. The summed E-state index contributed by atoms with van der Waals surface area (Å²) in [5.41, 5.74) is 5.77. The summed E-state index contributed by atoms with van der Waals surface area (Å²) in [5.74, 6) is -1.43. The standard InChI is InChI=1S/C29H32F2N6O2/c1-34-26(37-12-9-25(38)33-28(37)39)14-32-27(34)22-7-8-23-17-36(18-24(23)13-22)16-21-5-3-20(4-6-21)15-35-11-2-10-29(30,31)19-35/h3-8,13-14H,2,9-12,15-19H2,1H3,(H,33,38,39). The molecule has 204 valence electrons. The Balaban J connectivity index is 1.09. The molecule has 2 aromatic carbocycles. The molecular weight excluding hydrogens is 502 g/mol. The number of fused-ring (bicyclic) bond motifs is 1. The number of likely N-dealkylation sites (tertiary alicyclic amines) is 1. The average molecular weight is 535 g/mol. The summed E-state index contributed by atoms with van der Waals surface area (Å²) >= 11 is 0. The molecule has 8 nitrogen and oxygen atoms in total. The van der Waals surface area contributed by atoms with Gasteiger partial charge in [-0.2, -0.15) is 0 Å². The lowest BCUT2D eigenvalue weighted by Gasteiger charge is -2.32. The van der Waals surface area contributed by atoms with Gasteiger partial charge in [0.2, 0.25) is 5.91 Å². The molecule has 39 heavy (non-hydrogen) atoms. The van der Waals surface area contributed by atoms with Crippen molar-refractivity contribution in [2.24, 2.45) is 7.05 Å². The van der Waals surface area contributed by atoms with Crippen LogP contribution in [0.2, 0.25) is 0 Å². The third kappa shape index (κ3) is 5.44. The fraction of sp³-hybridized carbons (Fsp3) is 0.414. The Morgan fingerprint density at radius 3 is 2.38 bits per heavy atom. The lowest BCUT2D eigenvalue weighted by molar-refractivity contribution is -0.120. The van der Waals surface area contributed by atoms with Crippen LogP contribution in [0.5, 0.6) is 0 Å². The summed E-state index contributed by atoms with van der Waals surface area (Å²) in [7, 11) is 1.88. The number of nitrogens with one attached hydrogen (secondary N) is 1. The fourth-order valence-corrected chi connectivity index (χ4v) is 5.87. The van der Waals surface area contributed by atoms with Gasteiger partial charge in [-0.3, -0.25) is 24.8 Å². The van der Waals surface area contributed by atoms with Gasteiger partial charge < -0.3 is 4.57 Å². The molecular formula is C29H32F2N6O2. The van der Waals surface area contributed by atoms with Crippen LogP contribution in [0.25, 0.3) is 11.4 Å². The van der Waals surface area contributed by atoms with Gasteiger partial charge in [0.25, 0.3) is 5.92 Å². The van der Waals surface area contributed by atoms with Gasteiger partial charge in [0.1, 0.15) is 11.6 Å². The predicted molar refractivity (Wildman–Crippen MR) is 143 cm³/mol. The highest BCUT2D eigenvalue weighted by Crippen LogP contribution is 2.31. The van der Waals surface area contributed by atoms with Crippen molar-refractivity contribution in [1.29, 1.82) is 0 Å². The van der Waals surface area contributed by atoms with Crippen LogP contribution in [0.4, 0.5) is 19.4 Å². The van der Waals surface area contributed by atoms with Crippen LogP contribution in [0.15, 0.2) is 48.7 Å². The number of carbonyl (C=O) groups excluding carboxylic acids is 2. The summed E-state index contributed by atoms with van der Waals surface area (Å²) in [6, 6.07) is 14.3.